The second-order valence-corrected chi connectivity index (χ2v) is 3.52. The molecular formula is C11H12F3NO. The molecule has 88 valence electrons. The summed E-state index contributed by atoms with van der Waals surface area (Å²) >= 11 is 0. The van der Waals surface area contributed by atoms with E-state index in [2.05, 4.69) is 0 Å². The fourth-order valence-electron chi connectivity index (χ4n) is 1.30. The van der Waals surface area contributed by atoms with Crippen LogP contribution >= 0.6 is 0 Å². The van der Waals surface area contributed by atoms with Gasteiger partial charge in [-0.25, -0.2) is 13.2 Å². The molecule has 0 unspecified atom stereocenters. The quantitative estimate of drug-likeness (QED) is 0.724. The van der Waals surface area contributed by atoms with Crippen LogP contribution in [-0.2, 0) is 0 Å². The van der Waals surface area contributed by atoms with Gasteiger partial charge in [-0.1, -0.05) is 12.1 Å². The van der Waals surface area contributed by atoms with Crippen molar-refractivity contribution in [3.63, 3.8) is 0 Å². The van der Waals surface area contributed by atoms with Gasteiger partial charge in [0.25, 0.3) is 6.43 Å². The number of likely N-dealkylation sites (N-methyl/N-ethyl adjacent to an activating group) is 1. The van der Waals surface area contributed by atoms with Crippen molar-refractivity contribution >= 4 is 5.78 Å². The Kier molecular flexibility index (Phi) is 4.49. The zero-order valence-corrected chi connectivity index (χ0v) is 8.79. The van der Waals surface area contributed by atoms with Crippen LogP contribution in [0.15, 0.2) is 24.3 Å². The number of halogens is 3. The molecule has 0 spiro atoms. The molecule has 0 N–H and O–H groups in total. The highest BCUT2D eigenvalue weighted by atomic mass is 19.3. The van der Waals surface area contributed by atoms with Gasteiger partial charge >= 0.3 is 0 Å². The van der Waals surface area contributed by atoms with Crippen LogP contribution in [-0.4, -0.2) is 37.2 Å². The van der Waals surface area contributed by atoms with Crippen LogP contribution in [0.4, 0.5) is 13.2 Å². The summed E-state index contributed by atoms with van der Waals surface area (Å²) in [7, 11) is 1.42. The lowest BCUT2D eigenvalue weighted by molar-refractivity contribution is 0.0819. The number of carbonyl (C=O) groups is 1. The summed E-state index contributed by atoms with van der Waals surface area (Å²) in [6, 6.07) is 5.19. The van der Waals surface area contributed by atoms with Gasteiger partial charge in [-0.15, -0.1) is 0 Å². The van der Waals surface area contributed by atoms with Gasteiger partial charge in [0.2, 0.25) is 0 Å². The van der Waals surface area contributed by atoms with Crippen LogP contribution < -0.4 is 0 Å². The zero-order valence-electron chi connectivity index (χ0n) is 8.79. The number of rotatable bonds is 5. The van der Waals surface area contributed by atoms with E-state index in [0.717, 1.165) is 6.07 Å². The molecule has 0 saturated heterocycles. The number of Topliss-reactive ketones (excluding diaryl/α,β-unsaturated/α-hetero) is 1. The fraction of sp³-hybridized carbons (Fsp3) is 0.364. The predicted molar refractivity (Wildman–Crippen MR) is 54.2 cm³/mol. The molecule has 2 nitrogen and oxygen atoms in total. The highest BCUT2D eigenvalue weighted by molar-refractivity contribution is 5.97. The number of ketones is 1. The second-order valence-electron chi connectivity index (χ2n) is 3.52. The van der Waals surface area contributed by atoms with Crippen LogP contribution in [0.5, 0.6) is 0 Å². The Morgan fingerprint density at radius 1 is 1.44 bits per heavy atom. The Morgan fingerprint density at radius 3 is 2.69 bits per heavy atom. The third kappa shape index (κ3) is 4.02. The number of carbonyl (C=O) groups excluding carboxylic acids is 1. The molecule has 1 rings (SSSR count). The van der Waals surface area contributed by atoms with E-state index in [4.69, 9.17) is 0 Å². The van der Waals surface area contributed by atoms with Gasteiger partial charge in [0, 0.05) is 5.56 Å². The lowest BCUT2D eigenvalue weighted by atomic mass is 10.1. The van der Waals surface area contributed by atoms with Crippen molar-refractivity contribution in [3.05, 3.63) is 35.6 Å². The Labute approximate surface area is 91.7 Å². The Balaban J connectivity index is 2.59. The Bertz CT molecular complexity index is 368. The lowest BCUT2D eigenvalue weighted by Crippen LogP contribution is -2.30. The summed E-state index contributed by atoms with van der Waals surface area (Å²) < 4.78 is 36.8. The number of nitrogens with zero attached hydrogens (tertiary/aromatic N) is 1. The van der Waals surface area contributed by atoms with Crippen molar-refractivity contribution in [2.45, 2.75) is 6.43 Å². The molecule has 0 bridgehead atoms. The van der Waals surface area contributed by atoms with E-state index in [1.807, 2.05) is 0 Å². The topological polar surface area (TPSA) is 20.3 Å². The third-order valence-electron chi connectivity index (χ3n) is 2.01. The first kappa shape index (κ1) is 12.7. The average molecular weight is 231 g/mol. The molecule has 0 amide bonds. The first-order valence-electron chi connectivity index (χ1n) is 4.74. The van der Waals surface area contributed by atoms with Crippen LogP contribution in [0, 0.1) is 5.82 Å². The SMILES string of the molecule is CN(CC(=O)c1cccc(F)c1)CC(F)F. The van der Waals surface area contributed by atoms with E-state index in [1.54, 1.807) is 0 Å². The smallest absolute Gasteiger partial charge is 0.251 e. The Hall–Kier alpha value is -1.36. The number of benzene rings is 1. The summed E-state index contributed by atoms with van der Waals surface area (Å²) in [5.74, 6) is -0.884. The van der Waals surface area contributed by atoms with Gasteiger partial charge in [-0.2, -0.15) is 0 Å². The third-order valence-corrected chi connectivity index (χ3v) is 2.01. The maximum absolute atomic E-state index is 12.8. The fourth-order valence-corrected chi connectivity index (χ4v) is 1.30. The minimum atomic E-state index is -2.48. The standard InChI is InChI=1S/C11H12F3NO/c1-15(7-11(13)14)6-10(16)8-3-2-4-9(12)5-8/h2-5,11H,6-7H2,1H3. The Morgan fingerprint density at radius 2 is 2.12 bits per heavy atom. The summed E-state index contributed by atoms with van der Waals surface area (Å²) in [4.78, 5) is 12.7. The van der Waals surface area contributed by atoms with Gasteiger partial charge in [0.15, 0.2) is 5.78 Å². The van der Waals surface area contributed by atoms with Crippen molar-refractivity contribution in [1.29, 1.82) is 0 Å². The first-order chi connectivity index (χ1) is 7.49. The molecule has 0 radical (unpaired) electrons. The molecular weight excluding hydrogens is 219 g/mol. The molecule has 0 aliphatic rings. The number of alkyl halides is 2. The molecule has 0 fully saturated rings. The second kappa shape index (κ2) is 5.65. The lowest BCUT2D eigenvalue weighted by Gasteiger charge is -2.14. The normalized spacial score (nSPS) is 11.1. The molecule has 0 heterocycles. The largest absolute Gasteiger partial charge is 0.293 e. The first-order valence-corrected chi connectivity index (χ1v) is 4.74. The summed E-state index contributed by atoms with van der Waals surface area (Å²) in [5, 5.41) is 0. The number of hydrogen-bond donors (Lipinski definition) is 0. The highest BCUT2D eigenvalue weighted by Gasteiger charge is 2.13. The maximum atomic E-state index is 12.8. The van der Waals surface area contributed by atoms with Crippen molar-refractivity contribution < 1.29 is 18.0 Å². The molecule has 5 heteroatoms. The summed E-state index contributed by atoms with van der Waals surface area (Å²) in [6.07, 6.45) is -2.48. The van der Waals surface area contributed by atoms with E-state index < -0.39 is 18.8 Å². The molecule has 0 aromatic heterocycles. The van der Waals surface area contributed by atoms with Gasteiger partial charge in [-0.05, 0) is 19.2 Å². The molecule has 1 aromatic carbocycles. The van der Waals surface area contributed by atoms with Crippen LogP contribution in [0.1, 0.15) is 10.4 Å². The van der Waals surface area contributed by atoms with Crippen LogP contribution in [0.3, 0.4) is 0 Å². The van der Waals surface area contributed by atoms with Crippen molar-refractivity contribution in [1.82, 2.24) is 4.90 Å². The minimum Gasteiger partial charge on any atom is -0.293 e. The van der Waals surface area contributed by atoms with E-state index in [1.165, 1.54) is 30.1 Å². The maximum Gasteiger partial charge on any atom is 0.251 e. The number of hydrogen-bond acceptors (Lipinski definition) is 2. The van der Waals surface area contributed by atoms with Gasteiger partial charge < -0.3 is 0 Å². The van der Waals surface area contributed by atoms with Crippen molar-refractivity contribution in [3.8, 4) is 0 Å². The van der Waals surface area contributed by atoms with Gasteiger partial charge in [0.05, 0.1) is 13.1 Å². The molecule has 0 atom stereocenters. The molecule has 1 aromatic rings. The van der Waals surface area contributed by atoms with Gasteiger partial charge in [0.1, 0.15) is 5.82 Å². The van der Waals surface area contributed by atoms with Crippen LogP contribution in [0.2, 0.25) is 0 Å². The van der Waals surface area contributed by atoms with Crippen molar-refractivity contribution in [2.75, 3.05) is 20.1 Å². The van der Waals surface area contributed by atoms with Crippen molar-refractivity contribution in [2.24, 2.45) is 0 Å². The average Bonchev–Trinajstić information content (AvgIpc) is 2.16. The predicted octanol–water partition coefficient (Wildman–Crippen LogP) is 2.21. The zero-order chi connectivity index (χ0) is 12.1. The summed E-state index contributed by atoms with van der Waals surface area (Å²) in [6.45, 7) is -0.616. The molecule has 0 aliphatic carbocycles. The molecule has 16 heavy (non-hydrogen) atoms. The van der Waals surface area contributed by atoms with E-state index in [-0.39, 0.29) is 17.9 Å². The summed E-state index contributed by atoms with van der Waals surface area (Å²) in [5.41, 5.74) is 0.195. The van der Waals surface area contributed by atoms with Crippen LogP contribution in [0.25, 0.3) is 0 Å². The molecule has 0 aliphatic heterocycles. The van der Waals surface area contributed by atoms with E-state index in [0.29, 0.717) is 0 Å². The minimum absolute atomic E-state index is 0.145. The van der Waals surface area contributed by atoms with E-state index in [9.17, 15) is 18.0 Å². The highest BCUT2D eigenvalue weighted by Crippen LogP contribution is 2.05. The van der Waals surface area contributed by atoms with E-state index >= 15 is 0 Å². The monoisotopic (exact) mass is 231 g/mol. The molecule has 0 saturated carbocycles. The van der Waals surface area contributed by atoms with Gasteiger partial charge in [-0.3, -0.25) is 9.69 Å².